The average Bonchev–Trinajstić information content (AvgIpc) is 3.05. The third-order valence-electron chi connectivity index (χ3n) is 5.38. The molecule has 8 nitrogen and oxygen atoms in total. The summed E-state index contributed by atoms with van der Waals surface area (Å²) < 4.78 is 6.02. The molecule has 0 aromatic heterocycles. The molecule has 0 unspecified atom stereocenters. The van der Waals surface area contributed by atoms with Crippen LogP contribution in [-0.2, 0) is 11.4 Å². The van der Waals surface area contributed by atoms with Gasteiger partial charge in [0.05, 0.1) is 17.9 Å². The minimum atomic E-state index is 0.166. The largest absolute Gasteiger partial charge is 0.489 e. The van der Waals surface area contributed by atoms with E-state index in [1.807, 2.05) is 73.8 Å². The van der Waals surface area contributed by atoms with E-state index >= 15 is 0 Å². The van der Waals surface area contributed by atoms with Crippen molar-refractivity contribution in [1.82, 2.24) is 5.32 Å². The molecule has 0 aliphatic carbocycles. The van der Waals surface area contributed by atoms with Crippen molar-refractivity contribution in [3.05, 3.63) is 88.4 Å². The number of benzodiazepines with no additional fused rings is 1. The van der Waals surface area contributed by atoms with Gasteiger partial charge < -0.3 is 20.6 Å². The molecule has 3 aromatic carbocycles. The van der Waals surface area contributed by atoms with E-state index in [1.54, 1.807) is 11.8 Å². The molecule has 0 spiro atoms. The first-order valence-electron chi connectivity index (χ1n) is 12.1. The zero-order chi connectivity index (χ0) is 28.1. The maximum absolute atomic E-state index is 8.81. The number of benzene rings is 3. The number of nitrogens with zero attached hydrogens (tertiary/aromatic N) is 2. The van der Waals surface area contributed by atoms with Crippen molar-refractivity contribution in [1.29, 1.82) is 10.8 Å². The predicted molar refractivity (Wildman–Crippen MR) is 159 cm³/mol. The fourth-order valence-electron chi connectivity index (χ4n) is 3.51. The summed E-state index contributed by atoms with van der Waals surface area (Å²) in [6, 6.07) is 20.6. The minimum Gasteiger partial charge on any atom is -0.489 e. The number of ether oxygens (including phenoxy) is 1. The van der Waals surface area contributed by atoms with Crippen LogP contribution in [0.2, 0.25) is 5.02 Å². The number of amidine groups is 2. The Labute approximate surface area is 229 Å². The van der Waals surface area contributed by atoms with E-state index in [9.17, 15) is 0 Å². The molecule has 0 saturated heterocycles. The number of para-hydroxylation sites is 1. The van der Waals surface area contributed by atoms with Crippen molar-refractivity contribution in [2.45, 2.75) is 27.4 Å². The SMILES string of the molecule is CC(=N)N1C(=N)CN=C(c2ccc(Cl)cc2)c2cc(OCc3ccccc3N)ccc21.CC=O.CCNC. The highest BCUT2D eigenvalue weighted by molar-refractivity contribution is 6.31. The zero-order valence-corrected chi connectivity index (χ0v) is 23.0. The van der Waals surface area contributed by atoms with E-state index in [2.05, 4.69) is 17.2 Å². The molecule has 1 aliphatic rings. The Morgan fingerprint density at radius 1 is 1.18 bits per heavy atom. The lowest BCUT2D eigenvalue weighted by Crippen LogP contribution is -2.35. The number of nitrogens with two attached hydrogens (primary N) is 1. The first-order chi connectivity index (χ1) is 18.3. The summed E-state index contributed by atoms with van der Waals surface area (Å²) in [5.41, 5.74) is 10.7. The number of carbonyl (C=O) groups is 1. The highest BCUT2D eigenvalue weighted by atomic mass is 35.5. The summed E-state index contributed by atoms with van der Waals surface area (Å²) in [4.78, 5) is 15.1. The highest BCUT2D eigenvalue weighted by Crippen LogP contribution is 2.31. The van der Waals surface area contributed by atoms with E-state index < -0.39 is 0 Å². The van der Waals surface area contributed by atoms with E-state index in [-0.39, 0.29) is 18.2 Å². The number of aliphatic imine (C=N–C) groups is 1. The molecule has 1 aliphatic heterocycles. The molecule has 200 valence electrons. The maximum atomic E-state index is 8.81. The molecular formula is C29H35ClN6O2. The maximum Gasteiger partial charge on any atom is 0.128 e. The number of fused-ring (bicyclic) bond motifs is 1. The van der Waals surface area contributed by atoms with Crippen LogP contribution < -0.4 is 20.7 Å². The number of carbonyl (C=O) groups excluding carboxylic acids is 1. The van der Waals surface area contributed by atoms with Crippen LogP contribution in [0, 0.1) is 10.8 Å². The van der Waals surface area contributed by atoms with Crippen LogP contribution in [0.5, 0.6) is 5.75 Å². The molecule has 0 bridgehead atoms. The van der Waals surface area contributed by atoms with Crippen LogP contribution in [0.25, 0.3) is 0 Å². The van der Waals surface area contributed by atoms with Crippen molar-refractivity contribution in [2.75, 3.05) is 30.8 Å². The number of nitrogens with one attached hydrogen (secondary N) is 3. The Hall–Kier alpha value is -4.01. The van der Waals surface area contributed by atoms with E-state index in [1.165, 1.54) is 6.92 Å². The Kier molecular flexibility index (Phi) is 12.2. The van der Waals surface area contributed by atoms with Gasteiger partial charge >= 0.3 is 0 Å². The second-order valence-corrected chi connectivity index (χ2v) is 8.58. The van der Waals surface area contributed by atoms with Crippen LogP contribution in [-0.4, -0.2) is 43.8 Å². The Morgan fingerprint density at radius 2 is 1.82 bits per heavy atom. The summed E-state index contributed by atoms with van der Waals surface area (Å²) in [6.07, 6.45) is 0.750. The number of halogens is 1. The van der Waals surface area contributed by atoms with Gasteiger partial charge in [0.15, 0.2) is 0 Å². The molecule has 3 aromatic rings. The lowest BCUT2D eigenvalue weighted by atomic mass is 9.99. The molecule has 5 N–H and O–H groups in total. The molecule has 9 heteroatoms. The average molecular weight is 535 g/mol. The molecule has 4 rings (SSSR count). The molecule has 0 atom stereocenters. The Balaban J connectivity index is 0.000000650. The summed E-state index contributed by atoms with van der Waals surface area (Å²) >= 11 is 6.07. The number of aldehydes is 1. The summed E-state index contributed by atoms with van der Waals surface area (Å²) in [5.74, 6) is 1.15. The third-order valence-corrected chi connectivity index (χ3v) is 5.63. The topological polar surface area (TPSA) is 128 Å². The number of anilines is 2. The Bertz CT molecular complexity index is 1270. The van der Waals surface area contributed by atoms with Crippen LogP contribution in [0.3, 0.4) is 0 Å². The molecule has 0 fully saturated rings. The van der Waals surface area contributed by atoms with Crippen molar-refractivity contribution >= 4 is 46.6 Å². The monoisotopic (exact) mass is 534 g/mol. The second kappa shape index (κ2) is 15.3. The zero-order valence-electron chi connectivity index (χ0n) is 22.2. The summed E-state index contributed by atoms with van der Waals surface area (Å²) in [6.45, 7) is 6.75. The lowest BCUT2D eigenvalue weighted by molar-refractivity contribution is -0.106. The molecule has 0 amide bonds. The number of nitrogen functional groups attached to an aromatic ring is 1. The van der Waals surface area contributed by atoms with Crippen molar-refractivity contribution in [3.8, 4) is 5.75 Å². The van der Waals surface area contributed by atoms with Gasteiger partial charge in [-0.3, -0.25) is 20.7 Å². The van der Waals surface area contributed by atoms with Crippen LogP contribution >= 0.6 is 11.6 Å². The molecule has 0 saturated carbocycles. The second-order valence-electron chi connectivity index (χ2n) is 8.15. The summed E-state index contributed by atoms with van der Waals surface area (Å²) in [7, 11) is 1.93. The van der Waals surface area contributed by atoms with Crippen LogP contribution in [0.4, 0.5) is 11.4 Å². The van der Waals surface area contributed by atoms with Crippen LogP contribution in [0.1, 0.15) is 37.5 Å². The van der Waals surface area contributed by atoms with Crippen molar-refractivity contribution < 1.29 is 9.53 Å². The van der Waals surface area contributed by atoms with Gasteiger partial charge in [0.2, 0.25) is 0 Å². The first-order valence-corrected chi connectivity index (χ1v) is 12.5. The number of hydrogen-bond donors (Lipinski definition) is 4. The van der Waals surface area contributed by atoms with E-state index in [0.717, 1.165) is 40.9 Å². The van der Waals surface area contributed by atoms with Gasteiger partial charge in [0.25, 0.3) is 0 Å². The van der Waals surface area contributed by atoms with E-state index in [4.69, 9.17) is 37.7 Å². The molecule has 0 radical (unpaired) electrons. The molecule has 38 heavy (non-hydrogen) atoms. The minimum absolute atomic E-state index is 0.166. The number of hydrogen-bond acceptors (Lipinski definition) is 7. The fourth-order valence-corrected chi connectivity index (χ4v) is 3.64. The van der Waals surface area contributed by atoms with Gasteiger partial charge in [0.1, 0.15) is 30.3 Å². The van der Waals surface area contributed by atoms with Crippen LogP contribution in [0.15, 0.2) is 71.7 Å². The standard InChI is InChI=1S/C24H22ClN5O.C3H9N.C2H4O/c1-15(26)30-22-11-10-19(31-14-17-4-2-3-5-21(17)27)12-20(22)24(29-13-23(30)28)16-6-8-18(25)9-7-16;1-3-4-2;1-2-3/h2-12,26,28H,13-14,27H2,1H3;4H,3H2,1-2H3;2H,1H3. The van der Waals surface area contributed by atoms with Gasteiger partial charge in [-0.05, 0) is 63.8 Å². The number of rotatable bonds is 5. The Morgan fingerprint density at radius 3 is 2.39 bits per heavy atom. The highest BCUT2D eigenvalue weighted by Gasteiger charge is 2.25. The quantitative estimate of drug-likeness (QED) is 0.147. The van der Waals surface area contributed by atoms with Gasteiger partial charge in [0, 0.05) is 27.4 Å². The first kappa shape index (κ1) is 30.2. The summed E-state index contributed by atoms with van der Waals surface area (Å²) in [5, 5.41) is 20.2. The van der Waals surface area contributed by atoms with Gasteiger partial charge in [-0.1, -0.05) is 48.9 Å². The van der Waals surface area contributed by atoms with Gasteiger partial charge in [-0.15, -0.1) is 0 Å². The van der Waals surface area contributed by atoms with Gasteiger partial charge in [-0.2, -0.15) is 0 Å². The molecule has 1 heterocycles. The fraction of sp³-hybridized carbons (Fsp3) is 0.241. The lowest BCUT2D eigenvalue weighted by Gasteiger charge is -2.24. The smallest absolute Gasteiger partial charge is 0.128 e. The molecular weight excluding hydrogens is 500 g/mol. The van der Waals surface area contributed by atoms with Crippen molar-refractivity contribution in [2.24, 2.45) is 4.99 Å². The van der Waals surface area contributed by atoms with Crippen molar-refractivity contribution in [3.63, 3.8) is 0 Å². The normalized spacial score (nSPS) is 12.0. The predicted octanol–water partition coefficient (Wildman–Crippen LogP) is 5.56. The van der Waals surface area contributed by atoms with Gasteiger partial charge in [-0.25, -0.2) is 0 Å². The third kappa shape index (κ3) is 8.26. The van der Waals surface area contributed by atoms with E-state index in [0.29, 0.717) is 23.1 Å².